The zero-order valence-corrected chi connectivity index (χ0v) is 18.0. The number of hydrazine groups is 1. The third-order valence-corrected chi connectivity index (χ3v) is 6.54. The molecule has 0 spiro atoms. The zero-order chi connectivity index (χ0) is 21.9. The van der Waals surface area contributed by atoms with Crippen molar-refractivity contribution in [1.29, 1.82) is 0 Å². The van der Waals surface area contributed by atoms with Crippen LogP contribution in [0.15, 0.2) is 55.0 Å². The molecule has 2 aliphatic heterocycles. The Hall–Kier alpha value is -3.23. The lowest BCUT2D eigenvalue weighted by molar-refractivity contribution is -0.140. The number of carbonyl (C=O) groups excluding carboxylic acids is 2. The van der Waals surface area contributed by atoms with Gasteiger partial charge in [-0.05, 0) is 42.2 Å². The Morgan fingerprint density at radius 3 is 2.53 bits per heavy atom. The molecule has 1 aromatic carbocycles. The van der Waals surface area contributed by atoms with Crippen LogP contribution in [0.25, 0.3) is 10.9 Å². The van der Waals surface area contributed by atoms with E-state index in [1.165, 1.54) is 10.9 Å². The molecule has 2 fully saturated rings. The van der Waals surface area contributed by atoms with Gasteiger partial charge in [0.05, 0.1) is 0 Å². The number of hydrogen-bond donors (Lipinski definition) is 3. The predicted molar refractivity (Wildman–Crippen MR) is 121 cm³/mol. The number of aromatic amines is 1. The van der Waals surface area contributed by atoms with Crippen molar-refractivity contribution in [3.8, 4) is 0 Å². The summed E-state index contributed by atoms with van der Waals surface area (Å²) in [6, 6.07) is 11.9. The third-order valence-electron chi connectivity index (χ3n) is 6.54. The van der Waals surface area contributed by atoms with Crippen LogP contribution in [0.2, 0.25) is 0 Å². The SMILES string of the molecule is O=C(CCc1c[nH]c2ccccc12)N1CCN(C(=O)C2CC(c3ccncc3)NN2)CC1. The molecule has 2 amide bonds. The minimum Gasteiger partial charge on any atom is -0.361 e. The van der Waals surface area contributed by atoms with Crippen LogP contribution in [-0.2, 0) is 16.0 Å². The van der Waals surface area contributed by atoms with Gasteiger partial charge in [-0.2, -0.15) is 0 Å². The molecule has 5 rings (SSSR count). The minimum atomic E-state index is -0.253. The minimum absolute atomic E-state index is 0.0966. The maximum Gasteiger partial charge on any atom is 0.241 e. The molecule has 3 aromatic rings. The van der Waals surface area contributed by atoms with Gasteiger partial charge in [-0.1, -0.05) is 18.2 Å². The van der Waals surface area contributed by atoms with E-state index in [9.17, 15) is 9.59 Å². The lowest BCUT2D eigenvalue weighted by atomic mass is 10.0. The number of rotatable bonds is 5. The average molecular weight is 433 g/mol. The molecule has 4 heterocycles. The van der Waals surface area contributed by atoms with Crippen molar-refractivity contribution in [3.05, 3.63) is 66.1 Å². The molecule has 0 aliphatic carbocycles. The average Bonchev–Trinajstić information content (AvgIpc) is 3.50. The van der Waals surface area contributed by atoms with Crippen LogP contribution in [-0.4, -0.2) is 63.8 Å². The van der Waals surface area contributed by atoms with Crippen LogP contribution in [0.1, 0.15) is 30.0 Å². The molecular weight excluding hydrogens is 404 g/mol. The molecule has 0 radical (unpaired) electrons. The molecule has 166 valence electrons. The van der Waals surface area contributed by atoms with Crippen molar-refractivity contribution in [2.45, 2.75) is 31.3 Å². The van der Waals surface area contributed by atoms with Crippen molar-refractivity contribution in [2.24, 2.45) is 0 Å². The number of hydrogen-bond acceptors (Lipinski definition) is 5. The van der Waals surface area contributed by atoms with Crippen molar-refractivity contribution >= 4 is 22.7 Å². The fourth-order valence-corrected chi connectivity index (χ4v) is 4.67. The van der Waals surface area contributed by atoms with Gasteiger partial charge in [0.2, 0.25) is 11.8 Å². The summed E-state index contributed by atoms with van der Waals surface area (Å²) in [5, 5.41) is 1.18. The Bertz CT molecular complexity index is 1090. The monoisotopic (exact) mass is 432 g/mol. The quantitative estimate of drug-likeness (QED) is 0.572. The maximum absolute atomic E-state index is 13.0. The predicted octanol–water partition coefficient (Wildman–Crippen LogP) is 1.77. The Labute approximate surface area is 187 Å². The first-order valence-electron chi connectivity index (χ1n) is 11.2. The summed E-state index contributed by atoms with van der Waals surface area (Å²) < 4.78 is 0. The Balaban J connectivity index is 1.10. The van der Waals surface area contributed by atoms with E-state index < -0.39 is 0 Å². The van der Waals surface area contributed by atoms with E-state index >= 15 is 0 Å². The van der Waals surface area contributed by atoms with Gasteiger partial charge in [-0.3, -0.25) is 14.6 Å². The number of piperazine rings is 1. The van der Waals surface area contributed by atoms with Crippen LogP contribution in [0.4, 0.5) is 0 Å². The van der Waals surface area contributed by atoms with Crippen LogP contribution < -0.4 is 10.9 Å². The van der Waals surface area contributed by atoms with Gasteiger partial charge in [0.25, 0.3) is 0 Å². The number of carbonyl (C=O) groups is 2. The highest BCUT2D eigenvalue weighted by molar-refractivity contribution is 5.85. The number of pyridine rings is 1. The van der Waals surface area contributed by atoms with Crippen LogP contribution in [0.3, 0.4) is 0 Å². The largest absolute Gasteiger partial charge is 0.361 e. The second kappa shape index (κ2) is 9.10. The molecule has 3 N–H and O–H groups in total. The van der Waals surface area contributed by atoms with Gasteiger partial charge in [0.15, 0.2) is 0 Å². The summed E-state index contributed by atoms with van der Waals surface area (Å²) in [7, 11) is 0. The van der Waals surface area contributed by atoms with Crippen molar-refractivity contribution in [3.63, 3.8) is 0 Å². The number of aromatic nitrogens is 2. The molecule has 8 heteroatoms. The van der Waals surface area contributed by atoms with Crippen molar-refractivity contribution in [1.82, 2.24) is 30.6 Å². The number of fused-ring (bicyclic) bond motifs is 1. The van der Waals surface area contributed by atoms with E-state index in [1.807, 2.05) is 46.3 Å². The molecule has 2 unspecified atom stereocenters. The number of amides is 2. The number of aryl methyl sites for hydroxylation is 1. The van der Waals surface area contributed by atoms with Gasteiger partial charge in [0.1, 0.15) is 6.04 Å². The number of H-pyrrole nitrogens is 1. The molecule has 8 nitrogen and oxygen atoms in total. The van der Waals surface area contributed by atoms with E-state index in [0.717, 1.165) is 17.5 Å². The van der Waals surface area contributed by atoms with Crippen LogP contribution >= 0.6 is 0 Å². The first-order valence-corrected chi connectivity index (χ1v) is 11.2. The molecular formula is C24H28N6O2. The summed E-state index contributed by atoms with van der Waals surface area (Å²) in [6.07, 6.45) is 7.43. The Morgan fingerprint density at radius 2 is 1.72 bits per heavy atom. The summed E-state index contributed by atoms with van der Waals surface area (Å²) in [5.41, 5.74) is 9.75. The fourth-order valence-electron chi connectivity index (χ4n) is 4.67. The molecule has 0 bridgehead atoms. The Kier molecular flexibility index (Phi) is 5.87. The van der Waals surface area contributed by atoms with E-state index in [1.54, 1.807) is 12.4 Å². The number of nitrogens with zero attached hydrogens (tertiary/aromatic N) is 3. The van der Waals surface area contributed by atoms with Gasteiger partial charge < -0.3 is 14.8 Å². The van der Waals surface area contributed by atoms with Crippen molar-refractivity contribution in [2.75, 3.05) is 26.2 Å². The Morgan fingerprint density at radius 1 is 0.969 bits per heavy atom. The molecule has 0 saturated carbocycles. The van der Waals surface area contributed by atoms with Gasteiger partial charge in [0, 0.05) is 68.1 Å². The first kappa shape index (κ1) is 20.7. The molecule has 2 saturated heterocycles. The van der Waals surface area contributed by atoms with E-state index in [0.29, 0.717) is 39.0 Å². The molecule has 32 heavy (non-hydrogen) atoms. The van der Waals surface area contributed by atoms with Crippen LogP contribution in [0, 0.1) is 0 Å². The van der Waals surface area contributed by atoms with E-state index in [4.69, 9.17) is 0 Å². The topological polar surface area (TPSA) is 93.4 Å². The molecule has 2 atom stereocenters. The first-order chi connectivity index (χ1) is 15.7. The van der Waals surface area contributed by atoms with Gasteiger partial charge in [-0.15, -0.1) is 0 Å². The zero-order valence-electron chi connectivity index (χ0n) is 18.0. The number of nitrogens with one attached hydrogen (secondary N) is 3. The van der Waals surface area contributed by atoms with Crippen LogP contribution in [0.5, 0.6) is 0 Å². The van der Waals surface area contributed by atoms with Crippen molar-refractivity contribution < 1.29 is 9.59 Å². The highest BCUT2D eigenvalue weighted by Gasteiger charge is 2.34. The smallest absolute Gasteiger partial charge is 0.241 e. The fraction of sp³-hybridized carbons (Fsp3) is 0.375. The standard InChI is InChI=1S/C24H28N6O2/c31-23(6-5-18-16-26-20-4-2-1-3-19(18)20)29-11-13-30(14-12-29)24(32)22-15-21(27-28-22)17-7-9-25-10-8-17/h1-4,7-10,16,21-22,26-28H,5-6,11-15H2. The summed E-state index contributed by atoms with van der Waals surface area (Å²) in [4.78, 5) is 36.8. The lowest BCUT2D eigenvalue weighted by Gasteiger charge is -2.36. The summed E-state index contributed by atoms with van der Waals surface area (Å²) in [5.74, 6) is 0.251. The molecule has 2 aliphatic rings. The highest BCUT2D eigenvalue weighted by atomic mass is 16.2. The van der Waals surface area contributed by atoms with Gasteiger partial charge in [-0.25, -0.2) is 10.9 Å². The number of benzene rings is 1. The van der Waals surface area contributed by atoms with E-state index in [-0.39, 0.29) is 23.9 Å². The second-order valence-electron chi connectivity index (χ2n) is 8.48. The summed E-state index contributed by atoms with van der Waals surface area (Å²) in [6.45, 7) is 2.34. The summed E-state index contributed by atoms with van der Waals surface area (Å²) >= 11 is 0. The molecule has 2 aromatic heterocycles. The second-order valence-corrected chi connectivity index (χ2v) is 8.48. The lowest BCUT2D eigenvalue weighted by Crippen LogP contribution is -2.54. The highest BCUT2D eigenvalue weighted by Crippen LogP contribution is 2.23. The van der Waals surface area contributed by atoms with Gasteiger partial charge >= 0.3 is 0 Å². The third kappa shape index (κ3) is 4.24. The van der Waals surface area contributed by atoms with E-state index in [2.05, 4.69) is 26.9 Å². The normalized spacial score (nSPS) is 21.2. The maximum atomic E-state index is 13.0. The number of para-hydroxylation sites is 1.